The number of nitro groups is 2. The summed E-state index contributed by atoms with van der Waals surface area (Å²) in [5.41, 5.74) is 1.79. The van der Waals surface area contributed by atoms with Crippen molar-refractivity contribution in [2.45, 2.75) is 0 Å². The fourth-order valence-electron chi connectivity index (χ4n) is 1.95. The predicted octanol–water partition coefficient (Wildman–Crippen LogP) is 1.98. The van der Waals surface area contributed by atoms with Crippen molar-refractivity contribution in [1.29, 1.82) is 0 Å². The van der Waals surface area contributed by atoms with Crippen LogP contribution in [0.3, 0.4) is 0 Å². The van der Waals surface area contributed by atoms with Crippen LogP contribution in [0.4, 0.5) is 11.4 Å². The maximum absolute atomic E-state index is 11.9. The Morgan fingerprint density at radius 2 is 1.85 bits per heavy atom. The Balaban J connectivity index is 2.14. The minimum Gasteiger partial charge on any atom is -0.500 e. The summed E-state index contributed by atoms with van der Waals surface area (Å²) in [5, 5.41) is 34.8. The summed E-state index contributed by atoms with van der Waals surface area (Å²) < 4.78 is 4.85. The lowest BCUT2D eigenvalue weighted by atomic mass is 10.2. The van der Waals surface area contributed by atoms with Gasteiger partial charge in [0.2, 0.25) is 5.75 Å². The Labute approximate surface area is 145 Å². The number of aromatic hydroxyl groups is 1. The molecule has 2 N–H and O–H groups in total. The second-order valence-electron chi connectivity index (χ2n) is 4.85. The molecule has 0 aromatic heterocycles. The van der Waals surface area contributed by atoms with E-state index in [1.807, 2.05) is 0 Å². The second kappa shape index (κ2) is 7.70. The fraction of sp³-hybridized carbons (Fsp3) is 0.0667. The third kappa shape index (κ3) is 4.08. The number of hydrogen-bond donors (Lipinski definition) is 2. The molecule has 0 saturated carbocycles. The Morgan fingerprint density at radius 3 is 2.38 bits per heavy atom. The molecule has 0 saturated heterocycles. The minimum absolute atomic E-state index is 0.123. The van der Waals surface area contributed by atoms with E-state index in [1.54, 1.807) is 0 Å². The first kappa shape index (κ1) is 18.3. The van der Waals surface area contributed by atoms with Gasteiger partial charge in [0.15, 0.2) is 5.75 Å². The van der Waals surface area contributed by atoms with Crippen molar-refractivity contribution in [3.63, 3.8) is 0 Å². The summed E-state index contributed by atoms with van der Waals surface area (Å²) in [6.45, 7) is 0. The fourth-order valence-corrected chi connectivity index (χ4v) is 1.95. The molecule has 2 aromatic carbocycles. The molecule has 11 heteroatoms. The summed E-state index contributed by atoms with van der Waals surface area (Å²) in [6, 6.07) is 7.22. The van der Waals surface area contributed by atoms with E-state index in [2.05, 4.69) is 10.5 Å². The molecule has 0 aliphatic carbocycles. The van der Waals surface area contributed by atoms with E-state index in [4.69, 9.17) is 4.74 Å². The molecule has 1 amide bonds. The van der Waals surface area contributed by atoms with E-state index < -0.39 is 27.2 Å². The summed E-state index contributed by atoms with van der Waals surface area (Å²) >= 11 is 0. The van der Waals surface area contributed by atoms with Gasteiger partial charge in [0.05, 0.1) is 23.2 Å². The number of amides is 1. The first-order valence-electron chi connectivity index (χ1n) is 6.96. The highest BCUT2D eigenvalue weighted by atomic mass is 16.6. The molecule has 0 bridgehead atoms. The van der Waals surface area contributed by atoms with Gasteiger partial charge in [-0.2, -0.15) is 5.10 Å². The highest BCUT2D eigenvalue weighted by Gasteiger charge is 2.19. The van der Waals surface area contributed by atoms with Gasteiger partial charge in [-0.05, 0) is 18.2 Å². The SMILES string of the molecule is COc1cc(/C=N/NC(=O)c2ccc([N+](=O)[O-])cc2)cc([N+](=O)[O-])c1O. The van der Waals surface area contributed by atoms with Gasteiger partial charge in [-0.15, -0.1) is 0 Å². The topological polar surface area (TPSA) is 157 Å². The van der Waals surface area contributed by atoms with E-state index in [0.717, 1.165) is 12.3 Å². The number of nitrogens with zero attached hydrogens (tertiary/aromatic N) is 3. The molecule has 2 aromatic rings. The molecular weight excluding hydrogens is 348 g/mol. The van der Waals surface area contributed by atoms with Crippen LogP contribution in [-0.2, 0) is 0 Å². The summed E-state index contributed by atoms with van der Waals surface area (Å²) in [5.74, 6) is -1.37. The summed E-state index contributed by atoms with van der Waals surface area (Å²) in [4.78, 5) is 32.0. The molecule has 0 aliphatic rings. The molecule has 0 atom stereocenters. The lowest BCUT2D eigenvalue weighted by Gasteiger charge is -2.05. The predicted molar refractivity (Wildman–Crippen MR) is 89.5 cm³/mol. The van der Waals surface area contributed by atoms with Gasteiger partial charge < -0.3 is 9.84 Å². The van der Waals surface area contributed by atoms with Crippen LogP contribution in [0.1, 0.15) is 15.9 Å². The van der Waals surface area contributed by atoms with E-state index in [9.17, 15) is 30.1 Å². The van der Waals surface area contributed by atoms with Crippen molar-refractivity contribution in [3.05, 3.63) is 67.8 Å². The van der Waals surface area contributed by atoms with Gasteiger partial charge in [0.1, 0.15) is 0 Å². The van der Waals surface area contributed by atoms with E-state index >= 15 is 0 Å². The maximum atomic E-state index is 11.9. The Bertz CT molecular complexity index is 894. The second-order valence-corrected chi connectivity index (χ2v) is 4.85. The van der Waals surface area contributed by atoms with Gasteiger partial charge in [0, 0.05) is 29.3 Å². The van der Waals surface area contributed by atoms with E-state index in [0.29, 0.717) is 0 Å². The summed E-state index contributed by atoms with van der Waals surface area (Å²) in [6.07, 6.45) is 1.12. The van der Waals surface area contributed by atoms with Crippen LogP contribution in [-0.4, -0.2) is 34.2 Å². The van der Waals surface area contributed by atoms with Gasteiger partial charge in [-0.3, -0.25) is 25.0 Å². The molecule has 0 unspecified atom stereocenters. The van der Waals surface area contributed by atoms with E-state index in [1.165, 1.54) is 37.4 Å². The zero-order valence-corrected chi connectivity index (χ0v) is 13.3. The van der Waals surface area contributed by atoms with Crippen molar-refractivity contribution in [2.75, 3.05) is 7.11 Å². The number of carbonyl (C=O) groups is 1. The summed E-state index contributed by atoms with van der Waals surface area (Å²) in [7, 11) is 1.23. The monoisotopic (exact) mass is 360 g/mol. The first-order valence-corrected chi connectivity index (χ1v) is 6.96. The van der Waals surface area contributed by atoms with Crippen LogP contribution in [0.15, 0.2) is 41.5 Å². The number of rotatable bonds is 6. The van der Waals surface area contributed by atoms with Gasteiger partial charge >= 0.3 is 5.69 Å². The number of non-ortho nitro benzene ring substituents is 1. The van der Waals surface area contributed by atoms with Gasteiger partial charge in [-0.25, -0.2) is 5.43 Å². The molecule has 0 radical (unpaired) electrons. The average molecular weight is 360 g/mol. The highest BCUT2D eigenvalue weighted by Crippen LogP contribution is 2.36. The van der Waals surface area contributed by atoms with Crippen molar-refractivity contribution < 1.29 is 24.5 Å². The molecule has 11 nitrogen and oxygen atoms in total. The van der Waals surface area contributed by atoms with Crippen molar-refractivity contribution in [1.82, 2.24) is 5.43 Å². The van der Waals surface area contributed by atoms with Crippen molar-refractivity contribution >= 4 is 23.5 Å². The number of benzene rings is 2. The Kier molecular flexibility index (Phi) is 5.43. The zero-order valence-electron chi connectivity index (χ0n) is 13.3. The maximum Gasteiger partial charge on any atom is 0.315 e. The number of hydrazone groups is 1. The number of hydrogen-bond acceptors (Lipinski definition) is 8. The average Bonchev–Trinajstić information content (AvgIpc) is 2.62. The smallest absolute Gasteiger partial charge is 0.315 e. The number of phenolic OH excluding ortho intramolecular Hbond substituents is 1. The van der Waals surface area contributed by atoms with Crippen molar-refractivity contribution in [3.8, 4) is 11.5 Å². The molecule has 0 aliphatic heterocycles. The molecule has 134 valence electrons. The Morgan fingerprint density at radius 1 is 1.19 bits per heavy atom. The number of carbonyl (C=O) groups excluding carboxylic acids is 1. The largest absolute Gasteiger partial charge is 0.500 e. The van der Waals surface area contributed by atoms with Crippen LogP contribution in [0.25, 0.3) is 0 Å². The highest BCUT2D eigenvalue weighted by molar-refractivity contribution is 5.95. The quantitative estimate of drug-likeness (QED) is 0.453. The standard InChI is InChI=1S/C15H12N4O7/c1-26-13-7-9(6-12(14(13)20)19(24)25)8-16-17-15(21)10-2-4-11(5-3-10)18(22)23/h2-8,20H,1H3,(H,17,21)/b16-8+. The third-order valence-corrected chi connectivity index (χ3v) is 3.21. The molecule has 0 spiro atoms. The first-order chi connectivity index (χ1) is 12.3. The number of nitro benzene ring substituents is 2. The van der Waals surface area contributed by atoms with Crippen molar-refractivity contribution in [2.24, 2.45) is 5.10 Å². The zero-order chi connectivity index (χ0) is 19.3. The van der Waals surface area contributed by atoms with Crippen LogP contribution in [0.2, 0.25) is 0 Å². The lowest BCUT2D eigenvalue weighted by molar-refractivity contribution is -0.386. The normalized spacial score (nSPS) is 10.5. The number of phenols is 1. The van der Waals surface area contributed by atoms with Gasteiger partial charge in [-0.1, -0.05) is 0 Å². The molecule has 0 fully saturated rings. The number of nitrogens with one attached hydrogen (secondary N) is 1. The molecule has 26 heavy (non-hydrogen) atoms. The number of ether oxygens (including phenoxy) is 1. The van der Waals surface area contributed by atoms with Crippen LogP contribution < -0.4 is 10.2 Å². The lowest BCUT2D eigenvalue weighted by Crippen LogP contribution is -2.17. The molecule has 0 heterocycles. The van der Waals surface area contributed by atoms with Crippen LogP contribution in [0, 0.1) is 20.2 Å². The van der Waals surface area contributed by atoms with Gasteiger partial charge in [0.25, 0.3) is 11.6 Å². The number of methoxy groups -OCH3 is 1. The van der Waals surface area contributed by atoms with Crippen LogP contribution in [0.5, 0.6) is 11.5 Å². The third-order valence-electron chi connectivity index (χ3n) is 3.21. The Hall–Kier alpha value is -4.02. The molecule has 2 rings (SSSR count). The van der Waals surface area contributed by atoms with E-state index in [-0.39, 0.29) is 22.6 Å². The van der Waals surface area contributed by atoms with Crippen LogP contribution >= 0.6 is 0 Å². The molecular formula is C15H12N4O7. The minimum atomic E-state index is -0.787.